The lowest BCUT2D eigenvalue weighted by Crippen LogP contribution is -2.09. The van der Waals surface area contributed by atoms with Crippen molar-refractivity contribution in [3.63, 3.8) is 0 Å². The van der Waals surface area contributed by atoms with E-state index in [1.165, 1.54) is 18.3 Å². The van der Waals surface area contributed by atoms with Crippen molar-refractivity contribution in [2.45, 2.75) is 13.8 Å². The maximum Gasteiger partial charge on any atom is 0.358 e. The highest BCUT2D eigenvalue weighted by molar-refractivity contribution is 9.10. The summed E-state index contributed by atoms with van der Waals surface area (Å²) in [6.07, 6.45) is 0. The average molecular weight is 354 g/mol. The summed E-state index contributed by atoms with van der Waals surface area (Å²) in [5.74, 6) is -0.754. The largest absolute Gasteiger partial charge is 0.461 e. The number of hydrogen-bond donors (Lipinski definition) is 0. The minimum Gasteiger partial charge on any atom is -0.461 e. The number of carbonyl (C=O) groups excluding carboxylic acids is 2. The Bertz CT molecular complexity index is 666. The van der Waals surface area contributed by atoms with E-state index in [1.807, 2.05) is 24.3 Å². The third-order valence-electron chi connectivity index (χ3n) is 2.52. The average Bonchev–Trinajstić information content (AvgIpc) is 2.84. The smallest absolute Gasteiger partial charge is 0.358 e. The Morgan fingerprint density at radius 3 is 2.65 bits per heavy atom. The molecule has 1 aromatic heterocycles. The van der Waals surface area contributed by atoms with Crippen LogP contribution >= 0.6 is 27.3 Å². The first-order valence-corrected chi connectivity index (χ1v) is 7.59. The van der Waals surface area contributed by atoms with Crippen LogP contribution in [-0.2, 0) is 4.74 Å². The summed E-state index contributed by atoms with van der Waals surface area (Å²) in [4.78, 5) is 28.1. The Balaban J connectivity index is 2.53. The molecule has 0 unspecified atom stereocenters. The van der Waals surface area contributed by atoms with E-state index in [9.17, 15) is 9.59 Å². The molecular weight excluding hydrogens is 342 g/mol. The standard InChI is InChI=1S/C14H12BrNO3S/c1-3-19-14(18)11-12(8(2)17)20-13(16-11)9-6-4-5-7-10(9)15/h4-7H,3H2,1-2H3. The van der Waals surface area contributed by atoms with Crippen molar-refractivity contribution in [1.29, 1.82) is 0 Å². The lowest BCUT2D eigenvalue weighted by molar-refractivity contribution is 0.0517. The number of esters is 1. The molecule has 0 saturated heterocycles. The number of thiazole rings is 1. The van der Waals surface area contributed by atoms with Crippen LogP contribution in [0.1, 0.15) is 34.0 Å². The fraction of sp³-hybridized carbons (Fsp3) is 0.214. The Labute approximate surface area is 128 Å². The van der Waals surface area contributed by atoms with Crippen LogP contribution in [0, 0.1) is 0 Å². The molecule has 0 saturated carbocycles. The summed E-state index contributed by atoms with van der Waals surface area (Å²) < 4.78 is 5.80. The highest BCUT2D eigenvalue weighted by Gasteiger charge is 2.23. The normalized spacial score (nSPS) is 10.3. The first kappa shape index (κ1) is 14.9. The lowest BCUT2D eigenvalue weighted by Gasteiger charge is -1.99. The molecule has 104 valence electrons. The van der Waals surface area contributed by atoms with E-state index < -0.39 is 5.97 Å². The minimum atomic E-state index is -0.563. The molecule has 0 atom stereocenters. The Kier molecular flexibility index (Phi) is 4.67. The van der Waals surface area contributed by atoms with Gasteiger partial charge in [-0.2, -0.15) is 0 Å². The van der Waals surface area contributed by atoms with Crippen molar-refractivity contribution in [1.82, 2.24) is 4.98 Å². The van der Waals surface area contributed by atoms with E-state index >= 15 is 0 Å². The van der Waals surface area contributed by atoms with Crippen LogP contribution in [0.4, 0.5) is 0 Å². The zero-order valence-corrected chi connectivity index (χ0v) is 13.4. The van der Waals surface area contributed by atoms with Gasteiger partial charge in [-0.05, 0) is 13.0 Å². The zero-order valence-electron chi connectivity index (χ0n) is 11.0. The molecule has 20 heavy (non-hydrogen) atoms. The van der Waals surface area contributed by atoms with E-state index in [2.05, 4.69) is 20.9 Å². The summed E-state index contributed by atoms with van der Waals surface area (Å²) in [6.45, 7) is 3.38. The van der Waals surface area contributed by atoms with Gasteiger partial charge in [0, 0.05) is 17.0 Å². The van der Waals surface area contributed by atoms with Crippen molar-refractivity contribution in [2.24, 2.45) is 0 Å². The van der Waals surface area contributed by atoms with Crippen LogP contribution in [0.25, 0.3) is 10.6 Å². The second kappa shape index (κ2) is 6.28. The maximum atomic E-state index is 11.9. The predicted octanol–water partition coefficient (Wildman–Crippen LogP) is 3.95. The van der Waals surface area contributed by atoms with Crippen molar-refractivity contribution < 1.29 is 14.3 Å². The number of benzene rings is 1. The van der Waals surface area contributed by atoms with E-state index in [0.29, 0.717) is 9.88 Å². The molecule has 0 aliphatic carbocycles. The van der Waals surface area contributed by atoms with Gasteiger partial charge in [0.1, 0.15) is 9.88 Å². The number of ether oxygens (including phenoxy) is 1. The van der Waals surface area contributed by atoms with Gasteiger partial charge in [-0.3, -0.25) is 4.79 Å². The van der Waals surface area contributed by atoms with E-state index in [4.69, 9.17) is 4.74 Å². The lowest BCUT2D eigenvalue weighted by atomic mass is 10.2. The number of rotatable bonds is 4. The molecular formula is C14H12BrNO3S. The van der Waals surface area contributed by atoms with Gasteiger partial charge in [-0.15, -0.1) is 11.3 Å². The first-order chi connectivity index (χ1) is 9.54. The van der Waals surface area contributed by atoms with Crippen LogP contribution in [0.2, 0.25) is 0 Å². The molecule has 2 rings (SSSR count). The first-order valence-electron chi connectivity index (χ1n) is 5.98. The minimum absolute atomic E-state index is 0.0927. The van der Waals surface area contributed by atoms with Crippen molar-refractivity contribution in [2.75, 3.05) is 6.61 Å². The quantitative estimate of drug-likeness (QED) is 0.616. The van der Waals surface area contributed by atoms with Crippen LogP contribution in [0.5, 0.6) is 0 Å². The van der Waals surface area contributed by atoms with Gasteiger partial charge < -0.3 is 4.74 Å². The highest BCUT2D eigenvalue weighted by Crippen LogP contribution is 2.33. The Hall–Kier alpha value is -1.53. The van der Waals surface area contributed by atoms with Gasteiger partial charge in [-0.25, -0.2) is 9.78 Å². The molecule has 0 aliphatic rings. The fourth-order valence-corrected chi connectivity index (χ4v) is 3.24. The summed E-state index contributed by atoms with van der Waals surface area (Å²) in [7, 11) is 0. The highest BCUT2D eigenvalue weighted by atomic mass is 79.9. The summed E-state index contributed by atoms with van der Waals surface area (Å²) in [5, 5.41) is 0.616. The molecule has 0 radical (unpaired) electrons. The Morgan fingerprint density at radius 2 is 2.05 bits per heavy atom. The topological polar surface area (TPSA) is 56.3 Å². The summed E-state index contributed by atoms with van der Waals surface area (Å²) in [6, 6.07) is 7.52. The van der Waals surface area contributed by atoms with Crippen LogP contribution < -0.4 is 0 Å². The number of nitrogens with zero attached hydrogens (tertiary/aromatic N) is 1. The second-order valence-corrected chi connectivity index (χ2v) is 5.81. The van der Waals surface area contributed by atoms with Gasteiger partial charge in [0.2, 0.25) is 0 Å². The fourth-order valence-electron chi connectivity index (χ4n) is 1.65. The monoisotopic (exact) mass is 353 g/mol. The SMILES string of the molecule is CCOC(=O)c1nc(-c2ccccc2Br)sc1C(C)=O. The van der Waals surface area contributed by atoms with Crippen molar-refractivity contribution >= 4 is 39.0 Å². The van der Waals surface area contributed by atoms with Crippen LogP contribution in [0.3, 0.4) is 0 Å². The number of ketones is 1. The molecule has 4 nitrogen and oxygen atoms in total. The Morgan fingerprint density at radius 1 is 1.35 bits per heavy atom. The van der Waals surface area contributed by atoms with Crippen LogP contribution in [0.15, 0.2) is 28.7 Å². The third kappa shape index (κ3) is 2.96. The molecule has 0 aliphatic heterocycles. The van der Waals surface area contributed by atoms with Gasteiger partial charge >= 0.3 is 5.97 Å². The number of halogens is 1. The summed E-state index contributed by atoms with van der Waals surface area (Å²) in [5.41, 5.74) is 0.936. The second-order valence-electron chi connectivity index (χ2n) is 3.95. The molecule has 0 bridgehead atoms. The molecule has 1 heterocycles. The van der Waals surface area contributed by atoms with Gasteiger partial charge in [0.25, 0.3) is 0 Å². The van der Waals surface area contributed by atoms with Gasteiger partial charge in [0.15, 0.2) is 11.5 Å². The third-order valence-corrected chi connectivity index (χ3v) is 4.40. The van der Waals surface area contributed by atoms with E-state index in [1.54, 1.807) is 6.92 Å². The number of carbonyl (C=O) groups is 2. The van der Waals surface area contributed by atoms with Gasteiger partial charge in [-0.1, -0.05) is 34.1 Å². The predicted molar refractivity (Wildman–Crippen MR) is 81.2 cm³/mol. The number of Topliss-reactive ketones (excluding diaryl/α,β-unsaturated/α-hetero) is 1. The van der Waals surface area contributed by atoms with Crippen molar-refractivity contribution in [3.05, 3.63) is 39.3 Å². The molecule has 2 aromatic rings. The summed E-state index contributed by atoms with van der Waals surface area (Å²) >= 11 is 4.63. The zero-order chi connectivity index (χ0) is 14.7. The molecule has 0 fully saturated rings. The van der Waals surface area contributed by atoms with Crippen molar-refractivity contribution in [3.8, 4) is 10.6 Å². The molecule has 0 spiro atoms. The molecule has 0 amide bonds. The van der Waals surface area contributed by atoms with Crippen LogP contribution in [-0.4, -0.2) is 23.3 Å². The number of aromatic nitrogens is 1. The maximum absolute atomic E-state index is 11.9. The van der Waals surface area contributed by atoms with E-state index in [-0.39, 0.29) is 18.1 Å². The number of hydrogen-bond acceptors (Lipinski definition) is 5. The van der Waals surface area contributed by atoms with Gasteiger partial charge in [0.05, 0.1) is 6.61 Å². The molecule has 1 aromatic carbocycles. The van der Waals surface area contributed by atoms with E-state index in [0.717, 1.165) is 10.0 Å². The molecule has 0 N–H and O–H groups in total. The molecule has 6 heteroatoms.